The van der Waals surface area contributed by atoms with Crippen LogP contribution in [0.2, 0.25) is 0 Å². The van der Waals surface area contributed by atoms with Gasteiger partial charge in [-0.1, -0.05) is 18.2 Å². The van der Waals surface area contributed by atoms with Crippen LogP contribution in [0.5, 0.6) is 0 Å². The number of carbonyl (C=O) groups excluding carboxylic acids is 1. The first-order valence-corrected chi connectivity index (χ1v) is 8.83. The van der Waals surface area contributed by atoms with E-state index in [0.29, 0.717) is 19.4 Å². The van der Waals surface area contributed by atoms with Gasteiger partial charge in [-0.15, -0.1) is 0 Å². The normalized spacial score (nSPS) is 21.6. The van der Waals surface area contributed by atoms with Crippen molar-refractivity contribution in [3.63, 3.8) is 0 Å². The lowest BCUT2D eigenvalue weighted by atomic mass is 9.83. The van der Waals surface area contributed by atoms with Crippen LogP contribution in [0.25, 0.3) is 11.1 Å². The molecular weight excluding hydrogens is 329 g/mol. The summed E-state index contributed by atoms with van der Waals surface area (Å²) >= 11 is 0. The number of fused-ring (bicyclic) bond motifs is 1. The first kappa shape index (κ1) is 15.3. The van der Waals surface area contributed by atoms with E-state index < -0.39 is 5.41 Å². The average Bonchev–Trinajstić information content (AvgIpc) is 3.36. The van der Waals surface area contributed by atoms with Gasteiger partial charge in [0.15, 0.2) is 0 Å². The zero-order valence-corrected chi connectivity index (χ0v) is 14.2. The predicted molar refractivity (Wildman–Crippen MR) is 97.2 cm³/mol. The van der Waals surface area contributed by atoms with Crippen molar-refractivity contribution in [2.45, 2.75) is 19.3 Å². The van der Waals surface area contributed by atoms with E-state index >= 15 is 0 Å². The highest BCUT2D eigenvalue weighted by Crippen LogP contribution is 2.46. The van der Waals surface area contributed by atoms with Crippen LogP contribution in [0.4, 0.5) is 10.1 Å². The maximum Gasteiger partial charge on any atom is 0.233 e. The Labute approximate surface area is 150 Å². The zero-order valence-electron chi connectivity index (χ0n) is 14.2. The number of aromatic amines is 1. The molecule has 1 fully saturated rings. The minimum Gasteiger partial charge on any atom is -0.312 e. The van der Waals surface area contributed by atoms with Gasteiger partial charge in [-0.2, -0.15) is 5.10 Å². The molecule has 2 aromatic carbocycles. The molecule has 1 amide bonds. The number of amides is 1. The second-order valence-electron chi connectivity index (χ2n) is 7.29. The fourth-order valence-corrected chi connectivity index (χ4v) is 4.36. The Morgan fingerprint density at radius 3 is 2.62 bits per heavy atom. The Bertz CT molecular complexity index is 981. The lowest BCUT2D eigenvalue weighted by Gasteiger charge is -2.23. The van der Waals surface area contributed by atoms with E-state index in [-0.39, 0.29) is 11.7 Å². The maximum atomic E-state index is 13.5. The Morgan fingerprint density at radius 1 is 1.04 bits per heavy atom. The van der Waals surface area contributed by atoms with Gasteiger partial charge >= 0.3 is 0 Å². The lowest BCUT2D eigenvalue weighted by molar-refractivity contribution is -0.125. The molecule has 26 heavy (non-hydrogen) atoms. The van der Waals surface area contributed by atoms with E-state index in [9.17, 15) is 9.18 Å². The predicted octanol–water partition coefficient (Wildman–Crippen LogP) is 3.74. The molecule has 2 heterocycles. The Balaban J connectivity index is 1.40. The molecule has 2 aliphatic rings. The topological polar surface area (TPSA) is 49.0 Å². The fraction of sp³-hybridized carbons (Fsp3) is 0.238. The molecule has 1 atom stereocenters. The maximum absolute atomic E-state index is 13.5. The van der Waals surface area contributed by atoms with Crippen LogP contribution in [0.15, 0.2) is 54.9 Å². The van der Waals surface area contributed by atoms with E-state index in [1.165, 1.54) is 6.07 Å². The minimum absolute atomic E-state index is 0.158. The first-order valence-electron chi connectivity index (χ1n) is 8.83. The van der Waals surface area contributed by atoms with Crippen LogP contribution in [0.1, 0.15) is 17.5 Å². The second kappa shape index (κ2) is 5.53. The van der Waals surface area contributed by atoms with Crippen LogP contribution < -0.4 is 4.90 Å². The molecule has 5 rings (SSSR count). The SMILES string of the molecule is O=C1N(c2ccc(-c3cn[nH]c3)cc2)CCC12Cc1ccc(F)cc1C2. The van der Waals surface area contributed by atoms with Gasteiger partial charge in [0.25, 0.3) is 0 Å². The third-order valence-corrected chi connectivity index (χ3v) is 5.75. The quantitative estimate of drug-likeness (QED) is 0.768. The van der Waals surface area contributed by atoms with E-state index in [1.54, 1.807) is 12.3 Å². The van der Waals surface area contributed by atoms with Crippen molar-refractivity contribution in [2.24, 2.45) is 5.41 Å². The Hall–Kier alpha value is -2.95. The summed E-state index contributed by atoms with van der Waals surface area (Å²) in [6.45, 7) is 0.709. The number of nitrogens with zero attached hydrogens (tertiary/aromatic N) is 2. The standard InChI is InChI=1S/C21H18FN3O/c22-18-4-1-15-10-21(11-16(15)9-18)7-8-25(20(21)26)19-5-2-14(3-6-19)17-12-23-24-13-17/h1-6,9,12-13H,7-8,10-11H2,(H,23,24). The number of hydrogen-bond acceptors (Lipinski definition) is 2. The number of hydrogen-bond donors (Lipinski definition) is 1. The third kappa shape index (κ3) is 2.27. The van der Waals surface area contributed by atoms with Gasteiger partial charge < -0.3 is 4.90 Å². The van der Waals surface area contributed by atoms with Crippen molar-refractivity contribution >= 4 is 11.6 Å². The molecule has 1 aliphatic heterocycles. The molecule has 1 aliphatic carbocycles. The molecule has 130 valence electrons. The molecule has 5 heteroatoms. The molecular formula is C21H18FN3O. The number of nitrogens with one attached hydrogen (secondary N) is 1. The number of halogens is 1. The molecule has 3 aromatic rings. The van der Waals surface area contributed by atoms with E-state index in [0.717, 1.165) is 34.4 Å². The molecule has 1 N–H and O–H groups in total. The minimum atomic E-state index is -0.403. The summed E-state index contributed by atoms with van der Waals surface area (Å²) in [5, 5.41) is 6.78. The first-order chi connectivity index (χ1) is 12.6. The van der Waals surface area contributed by atoms with E-state index in [4.69, 9.17) is 0 Å². The molecule has 1 saturated heterocycles. The van der Waals surface area contributed by atoms with E-state index in [2.05, 4.69) is 10.2 Å². The number of carbonyl (C=O) groups is 1. The number of anilines is 1. The Morgan fingerprint density at radius 2 is 1.85 bits per heavy atom. The van der Waals surface area contributed by atoms with Crippen LogP contribution in [0, 0.1) is 11.2 Å². The second-order valence-corrected chi connectivity index (χ2v) is 7.29. The van der Waals surface area contributed by atoms with Crippen molar-refractivity contribution in [2.75, 3.05) is 11.4 Å². The summed E-state index contributed by atoms with van der Waals surface area (Å²) in [4.78, 5) is 15.1. The summed E-state index contributed by atoms with van der Waals surface area (Å²) in [5.41, 5.74) is 4.69. The van der Waals surface area contributed by atoms with E-state index in [1.807, 2.05) is 41.4 Å². The van der Waals surface area contributed by atoms with Crippen molar-refractivity contribution in [1.82, 2.24) is 10.2 Å². The van der Waals surface area contributed by atoms with Gasteiger partial charge in [-0.3, -0.25) is 9.89 Å². The number of aromatic nitrogens is 2. The van der Waals surface area contributed by atoms with Crippen molar-refractivity contribution in [3.05, 3.63) is 71.8 Å². The fourth-order valence-electron chi connectivity index (χ4n) is 4.36. The number of rotatable bonds is 2. The molecule has 0 bridgehead atoms. The summed E-state index contributed by atoms with van der Waals surface area (Å²) in [6.07, 6.45) is 5.79. The van der Waals surface area contributed by atoms with Crippen molar-refractivity contribution < 1.29 is 9.18 Å². The van der Waals surface area contributed by atoms with Gasteiger partial charge in [0.2, 0.25) is 5.91 Å². The summed E-state index contributed by atoms with van der Waals surface area (Å²) in [6, 6.07) is 12.9. The molecule has 1 aromatic heterocycles. The van der Waals surface area contributed by atoms with Crippen LogP contribution >= 0.6 is 0 Å². The summed E-state index contributed by atoms with van der Waals surface area (Å²) in [5.74, 6) is -0.0666. The molecule has 0 saturated carbocycles. The molecule has 1 spiro atoms. The third-order valence-electron chi connectivity index (χ3n) is 5.75. The van der Waals surface area contributed by atoms with Crippen molar-refractivity contribution in [3.8, 4) is 11.1 Å². The van der Waals surface area contributed by atoms with Gasteiger partial charge in [-0.05, 0) is 60.2 Å². The largest absolute Gasteiger partial charge is 0.312 e. The molecule has 4 nitrogen and oxygen atoms in total. The summed E-state index contributed by atoms with van der Waals surface area (Å²) in [7, 11) is 0. The molecule has 0 radical (unpaired) electrons. The van der Waals surface area contributed by atoms with Gasteiger partial charge in [0.1, 0.15) is 5.82 Å². The Kier molecular flexibility index (Phi) is 3.26. The van der Waals surface area contributed by atoms with Gasteiger partial charge in [0.05, 0.1) is 11.6 Å². The van der Waals surface area contributed by atoms with Gasteiger partial charge in [-0.25, -0.2) is 4.39 Å². The highest BCUT2D eigenvalue weighted by Gasteiger charge is 2.50. The number of H-pyrrole nitrogens is 1. The van der Waals surface area contributed by atoms with Crippen molar-refractivity contribution in [1.29, 1.82) is 0 Å². The highest BCUT2D eigenvalue weighted by atomic mass is 19.1. The van der Waals surface area contributed by atoms with Gasteiger partial charge in [0, 0.05) is 24.0 Å². The molecule has 1 unspecified atom stereocenters. The van der Waals surface area contributed by atoms with Crippen LogP contribution in [-0.4, -0.2) is 22.6 Å². The van der Waals surface area contributed by atoms with Crippen LogP contribution in [-0.2, 0) is 17.6 Å². The lowest BCUT2D eigenvalue weighted by Crippen LogP contribution is -2.35. The summed E-state index contributed by atoms with van der Waals surface area (Å²) < 4.78 is 13.5. The zero-order chi connectivity index (χ0) is 17.7. The monoisotopic (exact) mass is 347 g/mol. The van der Waals surface area contributed by atoms with Crippen LogP contribution in [0.3, 0.4) is 0 Å². The smallest absolute Gasteiger partial charge is 0.233 e. The average molecular weight is 347 g/mol. The highest BCUT2D eigenvalue weighted by molar-refractivity contribution is 6.01. The number of benzene rings is 2.